The Morgan fingerprint density at radius 3 is 2.56 bits per heavy atom. The second kappa shape index (κ2) is 7.25. The number of thiazole rings is 1. The Morgan fingerprint density at radius 1 is 1.12 bits per heavy atom. The van der Waals surface area contributed by atoms with Crippen LogP contribution in [0.2, 0.25) is 5.02 Å². The van der Waals surface area contributed by atoms with E-state index >= 15 is 0 Å². The molecule has 0 saturated heterocycles. The largest absolute Gasteiger partial charge is 0.298 e. The third kappa shape index (κ3) is 4.18. The van der Waals surface area contributed by atoms with Gasteiger partial charge in [-0.05, 0) is 29.8 Å². The lowest BCUT2D eigenvalue weighted by Crippen LogP contribution is -2.12. The zero-order chi connectivity index (χ0) is 18.0. The summed E-state index contributed by atoms with van der Waals surface area (Å²) in [5.74, 6) is -2.36. The monoisotopic (exact) mass is 382 g/mol. The summed E-state index contributed by atoms with van der Waals surface area (Å²) >= 11 is 7.00. The number of carbonyl (C=O) groups is 1. The van der Waals surface area contributed by atoms with Gasteiger partial charge in [0.15, 0.2) is 5.13 Å². The molecule has 0 aliphatic heterocycles. The van der Waals surface area contributed by atoms with Crippen LogP contribution >= 0.6 is 22.9 Å². The maximum atomic E-state index is 13.7. The summed E-state index contributed by atoms with van der Waals surface area (Å²) < 4.78 is 39.6. The Balaban J connectivity index is 1.72. The lowest BCUT2D eigenvalue weighted by molar-refractivity contribution is 0.102. The molecule has 0 aliphatic rings. The SMILES string of the molecule is O=C(Nc1ncc(Cc2ccc(F)cc2F)s1)c1ccc(F)cc1Cl. The van der Waals surface area contributed by atoms with E-state index in [0.717, 1.165) is 29.5 Å². The highest BCUT2D eigenvalue weighted by Crippen LogP contribution is 2.24. The molecular formula is C17H10ClF3N2OS. The number of benzene rings is 2. The van der Waals surface area contributed by atoms with Crippen LogP contribution in [0.3, 0.4) is 0 Å². The molecule has 0 atom stereocenters. The maximum absolute atomic E-state index is 13.7. The summed E-state index contributed by atoms with van der Waals surface area (Å²) in [5.41, 5.74) is 0.439. The number of aromatic nitrogens is 1. The van der Waals surface area contributed by atoms with Gasteiger partial charge >= 0.3 is 0 Å². The number of anilines is 1. The van der Waals surface area contributed by atoms with Gasteiger partial charge < -0.3 is 0 Å². The molecule has 3 nitrogen and oxygen atoms in total. The molecule has 128 valence electrons. The zero-order valence-corrected chi connectivity index (χ0v) is 14.1. The van der Waals surface area contributed by atoms with Gasteiger partial charge in [-0.25, -0.2) is 18.2 Å². The van der Waals surface area contributed by atoms with Gasteiger partial charge in [0.05, 0.1) is 10.6 Å². The normalized spacial score (nSPS) is 10.7. The van der Waals surface area contributed by atoms with E-state index in [4.69, 9.17) is 11.6 Å². The zero-order valence-electron chi connectivity index (χ0n) is 12.5. The highest BCUT2D eigenvalue weighted by atomic mass is 35.5. The minimum absolute atomic E-state index is 0.0114. The molecule has 3 rings (SSSR count). The standard InChI is InChI=1S/C17H10ClF3N2OS/c18-14-6-10(19)3-4-13(14)16(24)23-17-22-8-12(25-17)5-9-1-2-11(20)7-15(9)21/h1-4,6-8H,5H2,(H,22,23,24). The average molecular weight is 383 g/mol. The summed E-state index contributed by atoms with van der Waals surface area (Å²) in [7, 11) is 0. The van der Waals surface area contributed by atoms with Gasteiger partial charge in [-0.15, -0.1) is 11.3 Å². The molecule has 25 heavy (non-hydrogen) atoms. The first kappa shape index (κ1) is 17.4. The molecule has 1 heterocycles. The van der Waals surface area contributed by atoms with Gasteiger partial charge in [-0.3, -0.25) is 10.1 Å². The molecule has 3 aromatic rings. The molecule has 0 fully saturated rings. The Bertz CT molecular complexity index is 945. The van der Waals surface area contributed by atoms with E-state index in [1.54, 1.807) is 0 Å². The highest BCUT2D eigenvalue weighted by Gasteiger charge is 2.14. The molecule has 0 unspecified atom stereocenters. The first-order valence-electron chi connectivity index (χ1n) is 7.07. The number of rotatable bonds is 4. The smallest absolute Gasteiger partial charge is 0.258 e. The number of hydrogen-bond acceptors (Lipinski definition) is 3. The molecule has 0 aliphatic carbocycles. The van der Waals surface area contributed by atoms with Crippen molar-refractivity contribution in [2.45, 2.75) is 6.42 Å². The van der Waals surface area contributed by atoms with Gasteiger partial charge in [-0.1, -0.05) is 17.7 Å². The van der Waals surface area contributed by atoms with Crippen LogP contribution in [0.4, 0.5) is 18.3 Å². The summed E-state index contributed by atoms with van der Waals surface area (Å²) in [6.07, 6.45) is 1.71. The lowest BCUT2D eigenvalue weighted by Gasteiger charge is -2.04. The van der Waals surface area contributed by atoms with E-state index in [1.807, 2.05) is 0 Å². The van der Waals surface area contributed by atoms with Crippen LogP contribution in [0.15, 0.2) is 42.6 Å². The lowest BCUT2D eigenvalue weighted by atomic mass is 10.1. The Kier molecular flexibility index (Phi) is 5.06. The van der Waals surface area contributed by atoms with E-state index in [1.165, 1.54) is 24.4 Å². The Hall–Kier alpha value is -2.38. The number of hydrogen-bond donors (Lipinski definition) is 1. The molecule has 1 amide bonds. The summed E-state index contributed by atoms with van der Waals surface area (Å²) in [6, 6.07) is 6.80. The third-order valence-electron chi connectivity index (χ3n) is 3.33. The van der Waals surface area contributed by atoms with Crippen LogP contribution in [-0.2, 0) is 6.42 Å². The number of halogens is 4. The van der Waals surface area contributed by atoms with Crippen molar-refractivity contribution in [2.75, 3.05) is 5.32 Å². The molecule has 0 saturated carbocycles. The summed E-state index contributed by atoms with van der Waals surface area (Å²) in [6.45, 7) is 0. The second-order valence-electron chi connectivity index (χ2n) is 5.12. The molecule has 8 heteroatoms. The topological polar surface area (TPSA) is 42.0 Å². The van der Waals surface area contributed by atoms with Crippen LogP contribution < -0.4 is 5.32 Å². The van der Waals surface area contributed by atoms with Crippen molar-refractivity contribution < 1.29 is 18.0 Å². The minimum atomic E-state index is -0.644. The van der Waals surface area contributed by atoms with Crippen molar-refractivity contribution in [3.63, 3.8) is 0 Å². The van der Waals surface area contributed by atoms with Crippen LogP contribution in [0.1, 0.15) is 20.8 Å². The maximum Gasteiger partial charge on any atom is 0.258 e. The molecule has 2 aromatic carbocycles. The van der Waals surface area contributed by atoms with Crippen molar-refractivity contribution in [1.82, 2.24) is 4.98 Å². The predicted molar refractivity (Wildman–Crippen MR) is 90.6 cm³/mol. The Labute approximate surface area is 150 Å². The van der Waals surface area contributed by atoms with Gasteiger partial charge in [0.1, 0.15) is 17.5 Å². The molecule has 0 radical (unpaired) electrons. The summed E-state index contributed by atoms with van der Waals surface area (Å²) in [4.78, 5) is 16.9. The number of nitrogens with one attached hydrogen (secondary N) is 1. The van der Waals surface area contributed by atoms with Crippen molar-refractivity contribution >= 4 is 34.0 Å². The fourth-order valence-electron chi connectivity index (χ4n) is 2.14. The fourth-order valence-corrected chi connectivity index (χ4v) is 3.22. The fraction of sp³-hybridized carbons (Fsp3) is 0.0588. The van der Waals surface area contributed by atoms with Crippen LogP contribution in [-0.4, -0.2) is 10.9 Å². The molecule has 0 spiro atoms. The molecule has 0 bridgehead atoms. The van der Waals surface area contributed by atoms with Crippen LogP contribution in [0.5, 0.6) is 0 Å². The molecule has 1 N–H and O–H groups in total. The van der Waals surface area contributed by atoms with Crippen LogP contribution in [0, 0.1) is 17.5 Å². The quantitative estimate of drug-likeness (QED) is 0.685. The predicted octanol–water partition coefficient (Wildman–Crippen LogP) is 5.06. The van der Waals surface area contributed by atoms with Crippen LogP contribution in [0.25, 0.3) is 0 Å². The van der Waals surface area contributed by atoms with Crippen molar-refractivity contribution in [3.05, 3.63) is 81.1 Å². The van der Waals surface area contributed by atoms with Crippen molar-refractivity contribution in [2.24, 2.45) is 0 Å². The van der Waals surface area contributed by atoms with E-state index in [-0.39, 0.29) is 17.0 Å². The van der Waals surface area contributed by atoms with E-state index in [9.17, 15) is 18.0 Å². The number of carbonyl (C=O) groups excluding carboxylic acids is 1. The number of amides is 1. The first-order valence-corrected chi connectivity index (χ1v) is 8.27. The molecule has 1 aromatic heterocycles. The average Bonchev–Trinajstić information content (AvgIpc) is 2.97. The second-order valence-corrected chi connectivity index (χ2v) is 6.64. The summed E-state index contributed by atoms with van der Waals surface area (Å²) in [5, 5.41) is 2.84. The van der Waals surface area contributed by atoms with E-state index in [0.29, 0.717) is 15.6 Å². The van der Waals surface area contributed by atoms with Crippen molar-refractivity contribution in [3.8, 4) is 0 Å². The number of nitrogens with zero attached hydrogens (tertiary/aromatic N) is 1. The van der Waals surface area contributed by atoms with E-state index < -0.39 is 23.4 Å². The Morgan fingerprint density at radius 2 is 1.84 bits per heavy atom. The van der Waals surface area contributed by atoms with Gasteiger partial charge in [0.25, 0.3) is 5.91 Å². The third-order valence-corrected chi connectivity index (χ3v) is 4.56. The molecular weight excluding hydrogens is 373 g/mol. The van der Waals surface area contributed by atoms with Crippen molar-refractivity contribution in [1.29, 1.82) is 0 Å². The highest BCUT2D eigenvalue weighted by molar-refractivity contribution is 7.15. The minimum Gasteiger partial charge on any atom is -0.298 e. The van der Waals surface area contributed by atoms with Gasteiger partial charge in [0.2, 0.25) is 0 Å². The van der Waals surface area contributed by atoms with Gasteiger partial charge in [0, 0.05) is 23.6 Å². The van der Waals surface area contributed by atoms with E-state index in [2.05, 4.69) is 10.3 Å². The van der Waals surface area contributed by atoms with Gasteiger partial charge in [-0.2, -0.15) is 0 Å². The first-order chi connectivity index (χ1) is 11.9.